The van der Waals surface area contributed by atoms with Crippen molar-refractivity contribution >= 4 is 17.2 Å². The van der Waals surface area contributed by atoms with E-state index in [0.717, 1.165) is 16.7 Å². The average molecular weight is 247 g/mol. The van der Waals surface area contributed by atoms with E-state index in [1.807, 2.05) is 37.3 Å². The van der Waals surface area contributed by atoms with Gasteiger partial charge < -0.3 is 0 Å². The van der Waals surface area contributed by atoms with Gasteiger partial charge in [-0.15, -0.1) is 0 Å². The highest BCUT2D eigenvalue weighted by Gasteiger charge is 2.04. The van der Waals surface area contributed by atoms with Crippen molar-refractivity contribution in [2.75, 3.05) is 0 Å². The van der Waals surface area contributed by atoms with E-state index in [0.29, 0.717) is 5.02 Å². The van der Waals surface area contributed by atoms with Crippen LogP contribution < -0.4 is 0 Å². The second-order valence-electron chi connectivity index (χ2n) is 3.72. The Morgan fingerprint density at radius 2 is 1.76 bits per heavy atom. The van der Waals surface area contributed by atoms with E-state index in [2.05, 4.69) is 0 Å². The normalized spacial score (nSPS) is 11.6. The number of hydrogen-bond donors (Lipinski definition) is 0. The van der Waals surface area contributed by atoms with Crippen LogP contribution in [0.5, 0.6) is 0 Å². The molecule has 0 fully saturated rings. The van der Waals surface area contributed by atoms with Gasteiger partial charge >= 0.3 is 0 Å². The van der Waals surface area contributed by atoms with Gasteiger partial charge in [-0.3, -0.25) is 0 Å². The Kier molecular flexibility index (Phi) is 3.60. The van der Waals surface area contributed by atoms with Crippen molar-refractivity contribution in [2.24, 2.45) is 0 Å². The smallest absolute Gasteiger partial charge is 0.123 e. The van der Waals surface area contributed by atoms with Crippen molar-refractivity contribution in [3.05, 3.63) is 76.6 Å². The highest BCUT2D eigenvalue weighted by molar-refractivity contribution is 6.30. The van der Waals surface area contributed by atoms with Crippen LogP contribution in [0.1, 0.15) is 18.1 Å². The second kappa shape index (κ2) is 5.15. The molecule has 2 rings (SSSR count). The molecule has 0 saturated carbocycles. The molecule has 0 unspecified atom stereocenters. The average Bonchev–Trinajstić information content (AvgIpc) is 2.33. The van der Waals surface area contributed by atoms with Gasteiger partial charge in [0, 0.05) is 5.02 Å². The van der Waals surface area contributed by atoms with Gasteiger partial charge in [0.2, 0.25) is 0 Å². The molecule has 0 aliphatic rings. The van der Waals surface area contributed by atoms with Crippen LogP contribution in [0.15, 0.2) is 54.6 Å². The van der Waals surface area contributed by atoms with Crippen LogP contribution in [-0.2, 0) is 0 Å². The number of allylic oxidation sites excluding steroid dienone is 1. The summed E-state index contributed by atoms with van der Waals surface area (Å²) in [5.41, 5.74) is 3.07. The molecule has 0 heterocycles. The Morgan fingerprint density at radius 1 is 1.06 bits per heavy atom. The van der Waals surface area contributed by atoms with Crippen LogP contribution in [0.25, 0.3) is 5.57 Å². The van der Waals surface area contributed by atoms with Crippen molar-refractivity contribution in [2.45, 2.75) is 6.92 Å². The zero-order valence-corrected chi connectivity index (χ0v) is 10.2. The van der Waals surface area contributed by atoms with Gasteiger partial charge in [-0.2, -0.15) is 0 Å². The van der Waals surface area contributed by atoms with Gasteiger partial charge in [0.05, 0.1) is 0 Å². The van der Waals surface area contributed by atoms with E-state index in [1.54, 1.807) is 12.1 Å². The highest BCUT2D eigenvalue weighted by Crippen LogP contribution is 2.25. The first-order valence-electron chi connectivity index (χ1n) is 5.39. The van der Waals surface area contributed by atoms with Gasteiger partial charge in [-0.05, 0) is 47.9 Å². The Bertz CT molecular complexity index is 541. The van der Waals surface area contributed by atoms with Crippen LogP contribution in [-0.4, -0.2) is 0 Å². The van der Waals surface area contributed by atoms with Crippen molar-refractivity contribution in [3.63, 3.8) is 0 Å². The fourth-order valence-electron chi connectivity index (χ4n) is 1.79. The van der Waals surface area contributed by atoms with Gasteiger partial charge in [-0.1, -0.05) is 41.9 Å². The number of hydrogen-bond acceptors (Lipinski definition) is 0. The maximum Gasteiger partial charge on any atom is 0.123 e. The summed E-state index contributed by atoms with van der Waals surface area (Å²) in [4.78, 5) is 0. The Morgan fingerprint density at radius 3 is 2.35 bits per heavy atom. The van der Waals surface area contributed by atoms with Crippen LogP contribution in [0.3, 0.4) is 0 Å². The highest BCUT2D eigenvalue weighted by atomic mass is 35.5. The first-order valence-corrected chi connectivity index (χ1v) is 5.76. The molecule has 0 bridgehead atoms. The van der Waals surface area contributed by atoms with E-state index in [9.17, 15) is 4.39 Å². The zero-order valence-electron chi connectivity index (χ0n) is 9.45. The molecule has 0 spiro atoms. The minimum atomic E-state index is -0.227. The molecule has 0 atom stereocenters. The van der Waals surface area contributed by atoms with Crippen LogP contribution in [0.2, 0.25) is 5.02 Å². The standard InChI is InChI=1S/C15H12ClF/c1-2-15(11-6-8-14(17)9-7-11)12-4-3-5-13(16)10-12/h2-10H,1H3. The SMILES string of the molecule is CC=C(c1ccc(F)cc1)c1cccc(Cl)c1. The van der Waals surface area contributed by atoms with Gasteiger partial charge in [0.25, 0.3) is 0 Å². The van der Waals surface area contributed by atoms with Gasteiger partial charge in [0.1, 0.15) is 5.82 Å². The molecule has 0 nitrogen and oxygen atoms in total. The lowest BCUT2D eigenvalue weighted by atomic mass is 9.98. The summed E-state index contributed by atoms with van der Waals surface area (Å²) in [6, 6.07) is 14.1. The largest absolute Gasteiger partial charge is 0.207 e. The number of halogens is 2. The molecule has 0 aliphatic carbocycles. The van der Waals surface area contributed by atoms with Gasteiger partial charge in [0.15, 0.2) is 0 Å². The molecule has 2 aromatic rings. The van der Waals surface area contributed by atoms with E-state index in [1.165, 1.54) is 12.1 Å². The maximum atomic E-state index is 12.9. The topological polar surface area (TPSA) is 0 Å². The van der Waals surface area contributed by atoms with E-state index in [4.69, 9.17) is 11.6 Å². The van der Waals surface area contributed by atoms with Crippen LogP contribution in [0, 0.1) is 5.82 Å². The van der Waals surface area contributed by atoms with Crippen molar-refractivity contribution in [3.8, 4) is 0 Å². The van der Waals surface area contributed by atoms with Crippen LogP contribution >= 0.6 is 11.6 Å². The molecule has 2 aromatic carbocycles. The molecular weight excluding hydrogens is 235 g/mol. The fraction of sp³-hybridized carbons (Fsp3) is 0.0667. The minimum Gasteiger partial charge on any atom is -0.207 e. The summed E-state index contributed by atoms with van der Waals surface area (Å²) in [5, 5.41) is 0.698. The van der Waals surface area contributed by atoms with E-state index < -0.39 is 0 Å². The Labute approximate surface area is 105 Å². The van der Waals surface area contributed by atoms with Gasteiger partial charge in [-0.25, -0.2) is 4.39 Å². The molecule has 2 heteroatoms. The quantitative estimate of drug-likeness (QED) is 0.705. The third-order valence-electron chi connectivity index (χ3n) is 2.58. The second-order valence-corrected chi connectivity index (χ2v) is 4.16. The lowest BCUT2D eigenvalue weighted by Gasteiger charge is -2.08. The zero-order chi connectivity index (χ0) is 12.3. The molecule has 0 aliphatic heterocycles. The summed E-state index contributed by atoms with van der Waals surface area (Å²) >= 11 is 5.97. The first-order chi connectivity index (χ1) is 8.20. The minimum absolute atomic E-state index is 0.227. The van der Waals surface area contributed by atoms with E-state index in [-0.39, 0.29) is 5.82 Å². The predicted molar refractivity (Wildman–Crippen MR) is 70.6 cm³/mol. The maximum absolute atomic E-state index is 12.9. The monoisotopic (exact) mass is 246 g/mol. The number of rotatable bonds is 2. The summed E-state index contributed by atoms with van der Waals surface area (Å²) in [6.45, 7) is 1.96. The van der Waals surface area contributed by atoms with Crippen molar-refractivity contribution in [1.29, 1.82) is 0 Å². The molecule has 0 aromatic heterocycles. The van der Waals surface area contributed by atoms with E-state index >= 15 is 0 Å². The molecule has 86 valence electrons. The Hall–Kier alpha value is -1.60. The summed E-state index contributed by atoms with van der Waals surface area (Å²) in [6.07, 6.45) is 2.00. The predicted octanol–water partition coefficient (Wildman–Crippen LogP) is 4.93. The third kappa shape index (κ3) is 2.75. The summed E-state index contributed by atoms with van der Waals surface area (Å²) in [7, 11) is 0. The van der Waals surface area contributed by atoms with Crippen LogP contribution in [0.4, 0.5) is 4.39 Å². The summed E-state index contributed by atoms with van der Waals surface area (Å²) < 4.78 is 12.9. The molecule has 0 saturated heterocycles. The molecule has 0 amide bonds. The third-order valence-corrected chi connectivity index (χ3v) is 2.81. The fourth-order valence-corrected chi connectivity index (χ4v) is 1.98. The summed E-state index contributed by atoms with van der Waals surface area (Å²) in [5.74, 6) is -0.227. The molecule has 0 radical (unpaired) electrons. The lowest BCUT2D eigenvalue weighted by molar-refractivity contribution is 0.627. The van der Waals surface area contributed by atoms with Crippen molar-refractivity contribution < 1.29 is 4.39 Å². The molecular formula is C15H12ClF. The molecule has 0 N–H and O–H groups in total. The lowest BCUT2D eigenvalue weighted by Crippen LogP contribution is -1.88. The Balaban J connectivity index is 2.44. The first kappa shape index (κ1) is 11.9. The molecule has 17 heavy (non-hydrogen) atoms. The van der Waals surface area contributed by atoms with Crippen molar-refractivity contribution in [1.82, 2.24) is 0 Å². The number of benzene rings is 2.